The minimum atomic E-state index is -5.08. The molecule has 0 saturated carbocycles. The first-order valence-corrected chi connectivity index (χ1v) is 13.4. The van der Waals surface area contributed by atoms with Crippen LogP contribution in [0.15, 0.2) is 85.2 Å². The highest BCUT2D eigenvalue weighted by Crippen LogP contribution is 2.31. The van der Waals surface area contributed by atoms with Gasteiger partial charge in [0.2, 0.25) is 0 Å². The van der Waals surface area contributed by atoms with Crippen LogP contribution in [0.2, 0.25) is 0 Å². The molecule has 0 unspecified atom stereocenters. The summed E-state index contributed by atoms with van der Waals surface area (Å²) in [5, 5.41) is 19.6. The Morgan fingerprint density at radius 2 is 1.51 bits per heavy atom. The van der Waals surface area contributed by atoms with Gasteiger partial charge in [-0.25, -0.2) is 23.9 Å². The van der Waals surface area contributed by atoms with Gasteiger partial charge in [-0.3, -0.25) is 0 Å². The normalized spacial score (nSPS) is 11.8. The molecule has 0 saturated heterocycles. The van der Waals surface area contributed by atoms with Crippen LogP contribution in [0.5, 0.6) is 0 Å². The molecule has 0 amide bonds. The van der Waals surface area contributed by atoms with Crippen molar-refractivity contribution in [3.8, 4) is 11.3 Å². The van der Waals surface area contributed by atoms with Gasteiger partial charge in [-0.15, -0.1) is 0 Å². The van der Waals surface area contributed by atoms with E-state index in [2.05, 4.69) is 27.2 Å². The molecule has 16 heteroatoms. The fraction of sp³-hybridized carbons (Fsp3) is 0.161. The van der Waals surface area contributed by atoms with Crippen LogP contribution < -0.4 is 11.1 Å². The number of alkyl halides is 6. The zero-order chi connectivity index (χ0) is 34.9. The highest BCUT2D eigenvalue weighted by molar-refractivity contribution is 5.93. The summed E-state index contributed by atoms with van der Waals surface area (Å²) in [5.74, 6) is -4.68. The molecular formula is C31H26F7N5O4. The van der Waals surface area contributed by atoms with Crippen LogP contribution in [0.3, 0.4) is 0 Å². The fourth-order valence-corrected chi connectivity index (χ4v) is 4.03. The van der Waals surface area contributed by atoms with E-state index in [0.717, 1.165) is 39.7 Å². The zero-order valence-electron chi connectivity index (χ0n) is 24.2. The van der Waals surface area contributed by atoms with E-state index in [4.69, 9.17) is 25.5 Å². The number of fused-ring (bicyclic) bond motifs is 1. The average molecular weight is 666 g/mol. The summed E-state index contributed by atoms with van der Waals surface area (Å²) in [6.45, 7) is 2.06. The first-order chi connectivity index (χ1) is 22.0. The molecule has 248 valence electrons. The number of benzene rings is 3. The van der Waals surface area contributed by atoms with Crippen molar-refractivity contribution in [3.05, 3.63) is 108 Å². The highest BCUT2D eigenvalue weighted by atomic mass is 19.4. The molecule has 0 bridgehead atoms. The molecule has 0 spiro atoms. The molecule has 6 N–H and O–H groups in total. The maximum Gasteiger partial charge on any atom is 0.490 e. The number of imidazole rings is 1. The predicted octanol–water partition coefficient (Wildman–Crippen LogP) is 7.38. The lowest BCUT2D eigenvalue weighted by Gasteiger charge is -2.20. The number of hydrogen-bond donors (Lipinski definition) is 5. The second-order valence-corrected chi connectivity index (χ2v) is 9.57. The van der Waals surface area contributed by atoms with E-state index in [1.165, 1.54) is 6.07 Å². The number of aliphatic carboxylic acids is 2. The maximum atomic E-state index is 15.1. The number of nitrogens with one attached hydrogen (secondary N) is 2. The van der Waals surface area contributed by atoms with E-state index >= 15 is 4.39 Å². The summed E-state index contributed by atoms with van der Waals surface area (Å²) in [7, 11) is 0. The minimum absolute atomic E-state index is 0.281. The van der Waals surface area contributed by atoms with Crippen molar-refractivity contribution in [1.29, 1.82) is 0 Å². The number of aryl methyl sites for hydroxylation is 1. The summed E-state index contributed by atoms with van der Waals surface area (Å²) in [5.41, 5.74) is 10.3. The van der Waals surface area contributed by atoms with Crippen molar-refractivity contribution in [3.63, 3.8) is 0 Å². The number of aromatic amines is 1. The van der Waals surface area contributed by atoms with E-state index in [9.17, 15) is 26.3 Å². The molecule has 0 fully saturated rings. The summed E-state index contributed by atoms with van der Waals surface area (Å²) in [4.78, 5) is 30.0. The number of carboxylic acid groups (broad SMARTS) is 2. The number of pyridine rings is 1. The molecule has 2 heterocycles. The van der Waals surface area contributed by atoms with Crippen LogP contribution in [0.4, 0.5) is 42.2 Å². The van der Waals surface area contributed by atoms with Gasteiger partial charge >= 0.3 is 24.3 Å². The van der Waals surface area contributed by atoms with E-state index in [1.54, 1.807) is 12.4 Å². The summed E-state index contributed by atoms with van der Waals surface area (Å²) < 4.78 is 78.5. The standard InChI is InChI=1S/C27H24FN5.2C2HF3O2/c1-2-17-8-11-23(28)22(14-17)25(27-31-16-24(33-27)18-6-4-3-5-7-18)32-20-9-10-21-19(15-20)12-13-30-26(21)29;2*3-2(4,5)1(6)7/h3-16,25,32H,2H2,1H3,(H2,29,30)(H,31,33);2*(H,6,7)/t25-;;/m1../s1. The summed E-state index contributed by atoms with van der Waals surface area (Å²) >= 11 is 0. The first kappa shape index (κ1) is 35.8. The second kappa shape index (κ2) is 15.1. The summed E-state index contributed by atoms with van der Waals surface area (Å²) in [6, 6.07) is 22.4. The molecule has 5 rings (SSSR count). The van der Waals surface area contributed by atoms with E-state index < -0.39 is 30.3 Å². The second-order valence-electron chi connectivity index (χ2n) is 9.57. The number of hydrogen-bond acceptors (Lipinski definition) is 6. The molecule has 0 aliphatic rings. The number of carbonyl (C=O) groups is 2. The Morgan fingerprint density at radius 1 is 0.894 bits per heavy atom. The number of aromatic nitrogens is 3. The van der Waals surface area contributed by atoms with Gasteiger partial charge in [0.15, 0.2) is 0 Å². The number of halogens is 7. The number of nitrogens with zero attached hydrogens (tertiary/aromatic N) is 2. The Balaban J connectivity index is 0.000000360. The maximum absolute atomic E-state index is 15.1. The quantitative estimate of drug-likeness (QED) is 0.118. The van der Waals surface area contributed by atoms with Crippen LogP contribution in [-0.2, 0) is 16.0 Å². The van der Waals surface area contributed by atoms with Crippen molar-refractivity contribution in [2.75, 3.05) is 11.1 Å². The zero-order valence-corrected chi connectivity index (χ0v) is 24.2. The monoisotopic (exact) mass is 665 g/mol. The Hall–Kier alpha value is -5.67. The number of nitrogens with two attached hydrogens (primary N) is 1. The minimum Gasteiger partial charge on any atom is -0.475 e. The molecule has 0 radical (unpaired) electrons. The van der Waals surface area contributed by atoms with Gasteiger partial charge in [0.1, 0.15) is 23.5 Å². The third-order valence-corrected chi connectivity index (χ3v) is 6.32. The molecular weight excluding hydrogens is 639 g/mol. The van der Waals surface area contributed by atoms with Gasteiger partial charge in [0, 0.05) is 22.8 Å². The first-order valence-electron chi connectivity index (χ1n) is 13.4. The number of anilines is 2. The average Bonchev–Trinajstić information content (AvgIpc) is 3.51. The van der Waals surface area contributed by atoms with Crippen molar-refractivity contribution in [2.24, 2.45) is 0 Å². The molecule has 47 heavy (non-hydrogen) atoms. The molecule has 9 nitrogen and oxygen atoms in total. The fourth-order valence-electron chi connectivity index (χ4n) is 4.03. The topological polar surface area (TPSA) is 154 Å². The third kappa shape index (κ3) is 9.91. The lowest BCUT2D eigenvalue weighted by atomic mass is 10.0. The number of rotatable bonds is 6. The van der Waals surface area contributed by atoms with Gasteiger partial charge < -0.3 is 26.2 Å². The Kier molecular flexibility index (Phi) is 11.5. The molecule has 5 aromatic rings. The lowest BCUT2D eigenvalue weighted by molar-refractivity contribution is -0.193. The van der Waals surface area contributed by atoms with Crippen LogP contribution >= 0.6 is 0 Å². The Labute approximate surface area is 261 Å². The molecule has 1 atom stereocenters. The number of carboxylic acids is 2. The van der Waals surface area contributed by atoms with Crippen LogP contribution in [0.1, 0.15) is 29.9 Å². The Morgan fingerprint density at radius 3 is 2.09 bits per heavy atom. The van der Waals surface area contributed by atoms with Crippen molar-refractivity contribution < 1.29 is 50.5 Å². The smallest absolute Gasteiger partial charge is 0.475 e. The number of H-pyrrole nitrogens is 1. The van der Waals surface area contributed by atoms with Crippen LogP contribution in [0, 0.1) is 5.82 Å². The highest BCUT2D eigenvalue weighted by Gasteiger charge is 2.38. The largest absolute Gasteiger partial charge is 0.490 e. The van der Waals surface area contributed by atoms with Gasteiger partial charge in [0.25, 0.3) is 0 Å². The van der Waals surface area contributed by atoms with Crippen LogP contribution in [-0.4, -0.2) is 49.5 Å². The van der Waals surface area contributed by atoms with Crippen molar-refractivity contribution >= 4 is 34.2 Å². The predicted molar refractivity (Wildman–Crippen MR) is 159 cm³/mol. The SMILES string of the molecule is CCc1ccc(F)c([C@@H](Nc2ccc3c(N)nccc3c2)c2ncc(-c3ccccc3)[nH]2)c1.O=C(O)C(F)(F)F.O=C(O)C(F)(F)F. The van der Waals surface area contributed by atoms with E-state index in [0.29, 0.717) is 17.2 Å². The van der Waals surface area contributed by atoms with E-state index in [-0.39, 0.29) is 5.82 Å². The third-order valence-electron chi connectivity index (χ3n) is 6.32. The lowest BCUT2D eigenvalue weighted by Crippen LogP contribution is -2.21. The molecule has 0 aliphatic carbocycles. The van der Waals surface area contributed by atoms with Gasteiger partial charge in [-0.1, -0.05) is 49.4 Å². The molecule has 3 aromatic carbocycles. The Bertz CT molecular complexity index is 1800. The van der Waals surface area contributed by atoms with Crippen LogP contribution in [0.25, 0.3) is 22.0 Å². The van der Waals surface area contributed by atoms with Crippen molar-refractivity contribution in [2.45, 2.75) is 31.7 Å². The molecule has 0 aliphatic heterocycles. The number of nitrogen functional groups attached to an aromatic ring is 1. The van der Waals surface area contributed by atoms with Gasteiger partial charge in [0.05, 0.1) is 11.9 Å². The molecule has 2 aromatic heterocycles. The van der Waals surface area contributed by atoms with E-state index in [1.807, 2.05) is 66.7 Å². The van der Waals surface area contributed by atoms with Gasteiger partial charge in [-0.2, -0.15) is 26.3 Å². The van der Waals surface area contributed by atoms with Crippen molar-refractivity contribution in [1.82, 2.24) is 15.0 Å². The summed E-state index contributed by atoms with van der Waals surface area (Å²) in [6.07, 6.45) is -5.88. The van der Waals surface area contributed by atoms with Gasteiger partial charge in [-0.05, 0) is 53.3 Å².